The Kier molecular flexibility index (Phi) is 5.18. The first kappa shape index (κ1) is 18.3. The number of Topliss-reactive ketones (excluding diaryl/α,β-unsaturated/α-hetero) is 2. The van der Waals surface area contributed by atoms with Gasteiger partial charge in [0.25, 0.3) is 0 Å². The maximum atomic E-state index is 12.6. The summed E-state index contributed by atoms with van der Waals surface area (Å²) in [6.07, 6.45) is 3.54. The zero-order valence-corrected chi connectivity index (χ0v) is 15.9. The minimum Gasteiger partial charge on any atom is -0.468 e. The number of thioether (sulfide) groups is 1. The van der Waals surface area contributed by atoms with E-state index in [4.69, 9.17) is 4.42 Å². The standard InChI is InChI=1S/C22H18N2O3S/c23-12-15-20(19-10-5-11-27-19)21-16(8-4-9-17(21)25)24-22(15)28-13-18(26)14-6-2-1-3-7-14/h1-3,5-7,10-11,20,24H,4,8-9,13H2/t20-/m1/s1. The molecule has 0 saturated heterocycles. The minimum absolute atomic E-state index is 0.00812. The van der Waals surface area contributed by atoms with Gasteiger partial charge in [-0.1, -0.05) is 42.1 Å². The highest BCUT2D eigenvalue weighted by Crippen LogP contribution is 2.44. The fourth-order valence-electron chi connectivity index (χ4n) is 3.62. The number of nitrogens with one attached hydrogen (secondary N) is 1. The third-order valence-corrected chi connectivity index (χ3v) is 5.95. The number of carbonyl (C=O) groups is 2. The van der Waals surface area contributed by atoms with E-state index in [1.807, 2.05) is 18.2 Å². The van der Waals surface area contributed by atoms with Crippen molar-refractivity contribution in [1.82, 2.24) is 5.32 Å². The predicted octanol–water partition coefficient (Wildman–Crippen LogP) is 4.32. The van der Waals surface area contributed by atoms with Crippen LogP contribution in [0, 0.1) is 11.3 Å². The van der Waals surface area contributed by atoms with Gasteiger partial charge in [0.2, 0.25) is 0 Å². The third-order valence-electron chi connectivity index (χ3n) is 4.93. The van der Waals surface area contributed by atoms with E-state index < -0.39 is 5.92 Å². The zero-order valence-electron chi connectivity index (χ0n) is 15.1. The lowest BCUT2D eigenvalue weighted by molar-refractivity contribution is -0.116. The summed E-state index contributed by atoms with van der Waals surface area (Å²) < 4.78 is 5.57. The SMILES string of the molecule is N#CC1=C(SCC(=O)c2ccccc2)NC2=C(C(=O)CCC2)[C@H]1c1ccco1. The molecule has 1 aliphatic heterocycles. The summed E-state index contributed by atoms with van der Waals surface area (Å²) in [4.78, 5) is 25.1. The molecule has 1 aliphatic carbocycles. The van der Waals surface area contributed by atoms with Gasteiger partial charge >= 0.3 is 0 Å². The molecule has 0 bridgehead atoms. The third kappa shape index (κ3) is 3.41. The Balaban J connectivity index is 1.66. The molecule has 2 heterocycles. The Labute approximate surface area is 167 Å². The molecule has 140 valence electrons. The van der Waals surface area contributed by atoms with Crippen molar-refractivity contribution in [1.29, 1.82) is 5.26 Å². The summed E-state index contributed by atoms with van der Waals surface area (Å²) >= 11 is 1.30. The largest absolute Gasteiger partial charge is 0.468 e. The molecule has 1 aromatic heterocycles. The number of carbonyl (C=O) groups excluding carboxylic acids is 2. The van der Waals surface area contributed by atoms with Gasteiger partial charge in [0.1, 0.15) is 5.76 Å². The van der Waals surface area contributed by atoms with Crippen molar-refractivity contribution in [2.45, 2.75) is 25.2 Å². The van der Waals surface area contributed by atoms with Crippen LogP contribution in [0.15, 0.2) is 75.0 Å². The number of dihydropyridines is 1. The lowest BCUT2D eigenvalue weighted by Crippen LogP contribution is -2.31. The van der Waals surface area contributed by atoms with Crippen molar-refractivity contribution >= 4 is 23.3 Å². The van der Waals surface area contributed by atoms with E-state index in [0.717, 1.165) is 18.5 Å². The van der Waals surface area contributed by atoms with Gasteiger partial charge in [-0.3, -0.25) is 9.59 Å². The molecule has 0 spiro atoms. The Hall–Kier alpha value is -3.04. The zero-order chi connectivity index (χ0) is 19.5. The van der Waals surface area contributed by atoms with Gasteiger partial charge in [-0.15, -0.1) is 0 Å². The first-order chi connectivity index (χ1) is 13.7. The minimum atomic E-state index is -0.515. The van der Waals surface area contributed by atoms with Crippen LogP contribution in [0.1, 0.15) is 41.3 Å². The van der Waals surface area contributed by atoms with Gasteiger partial charge in [-0.25, -0.2) is 0 Å². The molecule has 0 unspecified atom stereocenters. The molecule has 0 radical (unpaired) electrons. The van der Waals surface area contributed by atoms with E-state index in [-0.39, 0.29) is 17.3 Å². The van der Waals surface area contributed by atoms with Crippen molar-refractivity contribution in [3.63, 3.8) is 0 Å². The van der Waals surface area contributed by atoms with Crippen molar-refractivity contribution < 1.29 is 14.0 Å². The lowest BCUT2D eigenvalue weighted by atomic mass is 9.79. The summed E-state index contributed by atoms with van der Waals surface area (Å²) in [5.74, 6) is 0.309. The van der Waals surface area contributed by atoms with Crippen LogP contribution < -0.4 is 5.32 Å². The predicted molar refractivity (Wildman–Crippen MR) is 106 cm³/mol. The molecule has 1 atom stereocenters. The molecule has 5 nitrogen and oxygen atoms in total. The topological polar surface area (TPSA) is 83.1 Å². The smallest absolute Gasteiger partial charge is 0.173 e. The van der Waals surface area contributed by atoms with Crippen LogP contribution in [-0.2, 0) is 4.79 Å². The first-order valence-electron chi connectivity index (χ1n) is 9.11. The number of allylic oxidation sites excluding steroid dienone is 3. The van der Waals surface area contributed by atoms with Crippen molar-refractivity contribution in [3.8, 4) is 6.07 Å². The number of benzene rings is 1. The summed E-state index contributed by atoms with van der Waals surface area (Å²) in [6.45, 7) is 0. The van der Waals surface area contributed by atoms with Crippen LogP contribution >= 0.6 is 11.8 Å². The summed E-state index contributed by atoms with van der Waals surface area (Å²) in [7, 11) is 0. The highest BCUT2D eigenvalue weighted by molar-refractivity contribution is 8.03. The maximum Gasteiger partial charge on any atom is 0.173 e. The molecule has 1 N–H and O–H groups in total. The van der Waals surface area contributed by atoms with Crippen LogP contribution in [0.2, 0.25) is 0 Å². The molecule has 0 saturated carbocycles. The molecule has 6 heteroatoms. The molecule has 0 amide bonds. The second-order valence-electron chi connectivity index (χ2n) is 6.67. The number of hydrogen-bond donors (Lipinski definition) is 1. The Bertz CT molecular complexity index is 1010. The lowest BCUT2D eigenvalue weighted by Gasteiger charge is -2.32. The van der Waals surface area contributed by atoms with Crippen LogP contribution in [0.4, 0.5) is 0 Å². The van der Waals surface area contributed by atoms with Crippen LogP contribution in [-0.4, -0.2) is 17.3 Å². The molecular formula is C22H18N2O3S. The highest BCUT2D eigenvalue weighted by atomic mass is 32.2. The summed E-state index contributed by atoms with van der Waals surface area (Å²) in [6, 6.07) is 14.9. The molecular weight excluding hydrogens is 372 g/mol. The molecule has 2 aliphatic rings. The Morgan fingerprint density at radius 1 is 1.21 bits per heavy atom. The van der Waals surface area contributed by atoms with Gasteiger partial charge in [0.05, 0.1) is 34.6 Å². The quantitative estimate of drug-likeness (QED) is 0.766. The van der Waals surface area contributed by atoms with E-state index in [9.17, 15) is 14.9 Å². The summed E-state index contributed by atoms with van der Waals surface area (Å²) in [5, 5.41) is 13.8. The van der Waals surface area contributed by atoms with E-state index in [0.29, 0.717) is 33.9 Å². The average Bonchev–Trinajstić information content (AvgIpc) is 3.26. The van der Waals surface area contributed by atoms with E-state index in [2.05, 4.69) is 11.4 Å². The van der Waals surface area contributed by atoms with E-state index >= 15 is 0 Å². The maximum absolute atomic E-state index is 12.6. The van der Waals surface area contributed by atoms with E-state index in [1.54, 1.807) is 30.5 Å². The number of nitrogens with zero attached hydrogens (tertiary/aromatic N) is 1. The number of hydrogen-bond acceptors (Lipinski definition) is 6. The van der Waals surface area contributed by atoms with Gasteiger partial charge in [-0.2, -0.15) is 5.26 Å². The molecule has 2 aromatic rings. The number of furan rings is 1. The normalized spacial score (nSPS) is 19.1. The van der Waals surface area contributed by atoms with Gasteiger partial charge in [-0.05, 0) is 25.0 Å². The molecule has 0 fully saturated rings. The average molecular weight is 390 g/mol. The van der Waals surface area contributed by atoms with Crippen molar-refractivity contribution in [3.05, 3.63) is 81.9 Å². The highest BCUT2D eigenvalue weighted by Gasteiger charge is 2.38. The van der Waals surface area contributed by atoms with Crippen LogP contribution in [0.5, 0.6) is 0 Å². The summed E-state index contributed by atoms with van der Waals surface area (Å²) in [5.41, 5.74) is 2.53. The fourth-order valence-corrected chi connectivity index (χ4v) is 4.58. The fraction of sp³-hybridized carbons (Fsp3) is 0.227. The molecule has 28 heavy (non-hydrogen) atoms. The van der Waals surface area contributed by atoms with Crippen molar-refractivity contribution in [2.24, 2.45) is 0 Å². The second-order valence-corrected chi connectivity index (χ2v) is 7.66. The van der Waals surface area contributed by atoms with Crippen LogP contribution in [0.25, 0.3) is 0 Å². The molecule has 1 aromatic carbocycles. The number of nitriles is 1. The monoisotopic (exact) mass is 390 g/mol. The van der Waals surface area contributed by atoms with Crippen molar-refractivity contribution in [2.75, 3.05) is 5.75 Å². The Morgan fingerprint density at radius 2 is 2.04 bits per heavy atom. The Morgan fingerprint density at radius 3 is 2.75 bits per heavy atom. The van der Waals surface area contributed by atoms with Gasteiger partial charge < -0.3 is 9.73 Å². The van der Waals surface area contributed by atoms with Crippen LogP contribution in [0.3, 0.4) is 0 Å². The van der Waals surface area contributed by atoms with Gasteiger partial charge in [0.15, 0.2) is 11.6 Å². The first-order valence-corrected chi connectivity index (χ1v) is 10.1. The second kappa shape index (κ2) is 7.91. The number of rotatable bonds is 5. The molecule has 4 rings (SSSR count). The van der Waals surface area contributed by atoms with E-state index in [1.165, 1.54) is 11.8 Å². The van der Waals surface area contributed by atoms with Gasteiger partial charge in [0, 0.05) is 23.3 Å². The number of ketones is 2.